The van der Waals surface area contributed by atoms with Crippen LogP contribution < -0.4 is 9.47 Å². The van der Waals surface area contributed by atoms with Gasteiger partial charge >= 0.3 is 11.9 Å². The van der Waals surface area contributed by atoms with Crippen molar-refractivity contribution in [2.75, 3.05) is 13.2 Å². The highest BCUT2D eigenvalue weighted by Crippen LogP contribution is 2.18. The van der Waals surface area contributed by atoms with E-state index in [0.29, 0.717) is 30.3 Å². The van der Waals surface area contributed by atoms with Crippen LogP contribution in [0.15, 0.2) is 85.5 Å². The summed E-state index contributed by atoms with van der Waals surface area (Å²) in [7, 11) is 0. The Morgan fingerprint density at radius 1 is 0.722 bits per heavy atom. The molecule has 36 heavy (non-hydrogen) atoms. The van der Waals surface area contributed by atoms with Crippen LogP contribution in [0.3, 0.4) is 0 Å². The molecule has 6 heteroatoms. The van der Waals surface area contributed by atoms with Crippen LogP contribution in [-0.4, -0.2) is 25.2 Å². The van der Waals surface area contributed by atoms with E-state index >= 15 is 0 Å². The van der Waals surface area contributed by atoms with E-state index in [-0.39, 0.29) is 5.97 Å². The van der Waals surface area contributed by atoms with Crippen molar-refractivity contribution in [2.45, 2.75) is 38.5 Å². The van der Waals surface area contributed by atoms with Gasteiger partial charge in [-0.2, -0.15) is 0 Å². The lowest BCUT2D eigenvalue weighted by Gasteiger charge is -2.08. The molecule has 0 unspecified atom stereocenters. The molecule has 0 aliphatic carbocycles. The molecular weight excluding hydrogens is 476 g/mol. The van der Waals surface area contributed by atoms with E-state index in [0.717, 1.165) is 43.5 Å². The van der Waals surface area contributed by atoms with Crippen molar-refractivity contribution in [1.29, 1.82) is 0 Å². The molecule has 5 nitrogen and oxygen atoms in total. The van der Waals surface area contributed by atoms with Crippen molar-refractivity contribution in [2.24, 2.45) is 0 Å². The van der Waals surface area contributed by atoms with Gasteiger partial charge in [0, 0.05) is 11.1 Å². The maximum absolute atomic E-state index is 12.5. The summed E-state index contributed by atoms with van der Waals surface area (Å²) < 4.78 is 16.2. The second kappa shape index (κ2) is 14.7. The monoisotopic (exact) mass is 506 g/mol. The lowest BCUT2D eigenvalue weighted by atomic mass is 10.0. The Hall–Kier alpha value is -3.57. The predicted molar refractivity (Wildman–Crippen MR) is 142 cm³/mol. The van der Waals surface area contributed by atoms with Crippen LogP contribution >= 0.6 is 11.6 Å². The zero-order chi connectivity index (χ0) is 25.6. The number of unbranched alkanes of at least 4 members (excludes halogenated alkanes) is 3. The minimum Gasteiger partial charge on any atom is -0.494 e. The number of benzene rings is 3. The summed E-state index contributed by atoms with van der Waals surface area (Å²) in [5.74, 6) is 0.420. The summed E-state index contributed by atoms with van der Waals surface area (Å²) in [4.78, 5) is 23.4. The Bertz CT molecular complexity index is 1110. The fraction of sp³-hybridized carbons (Fsp3) is 0.267. The van der Waals surface area contributed by atoms with Gasteiger partial charge in [0.1, 0.15) is 11.5 Å². The van der Waals surface area contributed by atoms with Gasteiger partial charge in [-0.3, -0.25) is 0 Å². The van der Waals surface area contributed by atoms with Crippen molar-refractivity contribution in [3.05, 3.63) is 107 Å². The van der Waals surface area contributed by atoms with Gasteiger partial charge in [-0.05, 0) is 98.2 Å². The van der Waals surface area contributed by atoms with Gasteiger partial charge in [-0.25, -0.2) is 9.59 Å². The third-order valence-electron chi connectivity index (χ3n) is 5.56. The second-order valence-electron chi connectivity index (χ2n) is 8.32. The Morgan fingerprint density at radius 2 is 1.28 bits per heavy atom. The average molecular weight is 507 g/mol. The molecule has 0 radical (unpaired) electrons. The van der Waals surface area contributed by atoms with E-state index in [1.165, 1.54) is 17.2 Å². The van der Waals surface area contributed by atoms with Crippen LogP contribution in [0.25, 0.3) is 0 Å². The molecule has 0 saturated carbocycles. The fourth-order valence-electron chi connectivity index (χ4n) is 3.50. The van der Waals surface area contributed by atoms with Gasteiger partial charge in [-0.1, -0.05) is 42.4 Å². The number of carbonyl (C=O) groups excluding carboxylic acids is 2. The first kappa shape index (κ1) is 27.0. The van der Waals surface area contributed by atoms with Crippen molar-refractivity contribution in [3.63, 3.8) is 0 Å². The van der Waals surface area contributed by atoms with E-state index in [4.69, 9.17) is 25.8 Å². The first-order valence-corrected chi connectivity index (χ1v) is 12.5. The molecular formula is C30H31ClO5. The predicted octanol–water partition coefficient (Wildman–Crippen LogP) is 7.01. The molecule has 3 aromatic rings. The van der Waals surface area contributed by atoms with Crippen LogP contribution in [0, 0.1) is 0 Å². The number of halogens is 1. The number of hydrogen-bond donors (Lipinski definition) is 0. The highest BCUT2D eigenvalue weighted by molar-refractivity contribution is 6.30. The van der Waals surface area contributed by atoms with Crippen LogP contribution in [-0.2, 0) is 22.4 Å². The van der Waals surface area contributed by atoms with Gasteiger partial charge in [-0.15, -0.1) is 0 Å². The molecule has 0 fully saturated rings. The van der Waals surface area contributed by atoms with E-state index in [2.05, 4.69) is 6.58 Å². The Labute approximate surface area is 217 Å². The van der Waals surface area contributed by atoms with E-state index < -0.39 is 5.97 Å². The largest absolute Gasteiger partial charge is 0.494 e. The molecule has 0 amide bonds. The highest BCUT2D eigenvalue weighted by atomic mass is 35.5. The van der Waals surface area contributed by atoms with Crippen LogP contribution in [0.2, 0.25) is 5.02 Å². The number of ether oxygens (including phenoxy) is 3. The first-order valence-electron chi connectivity index (χ1n) is 12.1. The van der Waals surface area contributed by atoms with Gasteiger partial charge in [0.05, 0.1) is 18.8 Å². The Morgan fingerprint density at radius 3 is 1.89 bits per heavy atom. The molecule has 3 rings (SSSR count). The average Bonchev–Trinajstić information content (AvgIpc) is 2.90. The minimum atomic E-state index is -0.410. The Kier molecular flexibility index (Phi) is 11.1. The zero-order valence-corrected chi connectivity index (χ0v) is 21.0. The summed E-state index contributed by atoms with van der Waals surface area (Å²) in [5, 5.41) is 0.737. The lowest BCUT2D eigenvalue weighted by Crippen LogP contribution is -2.08. The Balaban J connectivity index is 1.34. The van der Waals surface area contributed by atoms with Crippen molar-refractivity contribution >= 4 is 23.5 Å². The normalized spacial score (nSPS) is 10.5. The summed E-state index contributed by atoms with van der Waals surface area (Å²) in [6.45, 7) is 4.36. The number of hydrogen-bond acceptors (Lipinski definition) is 5. The standard InChI is InChI=1S/C30H31ClO5/c1-2-29(32)35-22-6-4-3-5-21-34-27-19-13-25(14-20-27)30(33)36-28-17-11-24(12-18-28)8-7-23-9-15-26(31)16-10-23/h2,9-20H,1,3-8,21-22H2. The molecule has 0 aliphatic rings. The fourth-order valence-corrected chi connectivity index (χ4v) is 3.62. The maximum Gasteiger partial charge on any atom is 0.343 e. The van der Waals surface area contributed by atoms with Crippen molar-refractivity contribution in [3.8, 4) is 11.5 Å². The molecule has 0 aliphatic heterocycles. The third kappa shape index (κ3) is 9.59. The molecule has 0 atom stereocenters. The van der Waals surface area contributed by atoms with E-state index in [9.17, 15) is 9.59 Å². The first-order chi connectivity index (χ1) is 17.5. The number of aryl methyl sites for hydroxylation is 2. The number of rotatable bonds is 14. The second-order valence-corrected chi connectivity index (χ2v) is 8.76. The summed E-state index contributed by atoms with van der Waals surface area (Å²) in [5.41, 5.74) is 2.86. The highest BCUT2D eigenvalue weighted by Gasteiger charge is 2.09. The summed E-state index contributed by atoms with van der Waals surface area (Å²) in [6.07, 6.45) is 6.64. The number of carbonyl (C=O) groups is 2. The maximum atomic E-state index is 12.5. The molecule has 0 saturated heterocycles. The lowest BCUT2D eigenvalue weighted by molar-refractivity contribution is -0.137. The van der Waals surface area contributed by atoms with Crippen LogP contribution in [0.5, 0.6) is 11.5 Å². The summed E-state index contributed by atoms with van der Waals surface area (Å²) >= 11 is 5.93. The molecule has 0 N–H and O–H groups in total. The number of esters is 2. The van der Waals surface area contributed by atoms with E-state index in [1.54, 1.807) is 24.3 Å². The van der Waals surface area contributed by atoms with Gasteiger partial charge in [0.25, 0.3) is 0 Å². The van der Waals surface area contributed by atoms with Gasteiger partial charge in [0.15, 0.2) is 0 Å². The van der Waals surface area contributed by atoms with Crippen molar-refractivity contribution in [1.82, 2.24) is 0 Å². The molecule has 0 aromatic heterocycles. The zero-order valence-electron chi connectivity index (χ0n) is 20.3. The quantitative estimate of drug-likeness (QED) is 0.102. The molecule has 188 valence electrons. The van der Waals surface area contributed by atoms with Gasteiger partial charge < -0.3 is 14.2 Å². The van der Waals surface area contributed by atoms with Crippen molar-refractivity contribution < 1.29 is 23.8 Å². The molecule has 0 bridgehead atoms. The third-order valence-corrected chi connectivity index (χ3v) is 5.81. The topological polar surface area (TPSA) is 61.8 Å². The summed E-state index contributed by atoms with van der Waals surface area (Å²) in [6, 6.07) is 22.4. The molecule has 0 spiro atoms. The van der Waals surface area contributed by atoms with Crippen LogP contribution in [0.4, 0.5) is 0 Å². The van der Waals surface area contributed by atoms with E-state index in [1.807, 2.05) is 48.5 Å². The molecule has 0 heterocycles. The SMILES string of the molecule is C=CC(=O)OCCCCCCOc1ccc(C(=O)Oc2ccc(CCc3ccc(Cl)cc3)cc2)cc1. The van der Waals surface area contributed by atoms with Crippen LogP contribution in [0.1, 0.15) is 47.2 Å². The molecule has 3 aromatic carbocycles. The minimum absolute atomic E-state index is 0.384. The smallest absolute Gasteiger partial charge is 0.343 e. The van der Waals surface area contributed by atoms with Gasteiger partial charge in [0.2, 0.25) is 0 Å².